The summed E-state index contributed by atoms with van der Waals surface area (Å²) in [5, 5.41) is 0. The third-order valence-corrected chi connectivity index (χ3v) is 14.0. The average Bonchev–Trinajstić information content (AvgIpc) is 3.34. The normalized spacial score (nSPS) is 12.0. The fraction of sp³-hybridized carbons (Fsp3) is 0.919. The van der Waals surface area contributed by atoms with Gasteiger partial charge in [0.1, 0.15) is 13.2 Å². The van der Waals surface area contributed by atoms with Gasteiger partial charge < -0.3 is 14.2 Å². The van der Waals surface area contributed by atoms with Gasteiger partial charge in [-0.1, -0.05) is 296 Å². The van der Waals surface area contributed by atoms with Gasteiger partial charge in [-0.2, -0.15) is 0 Å². The molecule has 0 aliphatic carbocycles. The second-order valence-corrected chi connectivity index (χ2v) is 21.0. The molecule has 0 saturated carbocycles. The third kappa shape index (κ3) is 55.1. The van der Waals surface area contributed by atoms with Crippen molar-refractivity contribution in [1.29, 1.82) is 0 Å². The van der Waals surface area contributed by atoms with Gasteiger partial charge in [0.25, 0.3) is 0 Å². The van der Waals surface area contributed by atoms with Crippen molar-refractivity contribution < 1.29 is 28.6 Å². The van der Waals surface area contributed by atoms with Crippen LogP contribution in [0.5, 0.6) is 0 Å². The molecule has 0 bridgehead atoms. The van der Waals surface area contributed by atoms with Crippen LogP contribution >= 0.6 is 0 Å². The lowest BCUT2D eigenvalue weighted by Gasteiger charge is -2.18. The quantitative estimate of drug-likeness (QED) is 0.0262. The van der Waals surface area contributed by atoms with Gasteiger partial charge in [-0.05, 0) is 44.9 Å². The van der Waals surface area contributed by atoms with E-state index in [2.05, 4.69) is 32.9 Å². The van der Waals surface area contributed by atoms with E-state index in [-0.39, 0.29) is 31.1 Å². The Morgan fingerprint density at radius 2 is 0.485 bits per heavy atom. The average molecular weight is 960 g/mol. The van der Waals surface area contributed by atoms with Gasteiger partial charge in [0.15, 0.2) is 6.10 Å². The fourth-order valence-corrected chi connectivity index (χ4v) is 9.38. The highest BCUT2D eigenvalue weighted by Gasteiger charge is 2.19. The maximum atomic E-state index is 12.7. The van der Waals surface area contributed by atoms with Crippen LogP contribution in [-0.4, -0.2) is 37.2 Å². The monoisotopic (exact) mass is 959 g/mol. The zero-order valence-corrected chi connectivity index (χ0v) is 46.2. The lowest BCUT2D eigenvalue weighted by molar-refractivity contribution is -0.167. The van der Waals surface area contributed by atoms with Crippen molar-refractivity contribution in [1.82, 2.24) is 0 Å². The van der Waals surface area contributed by atoms with Crippen molar-refractivity contribution >= 4 is 17.9 Å². The van der Waals surface area contributed by atoms with Gasteiger partial charge in [0, 0.05) is 19.3 Å². The van der Waals surface area contributed by atoms with Crippen LogP contribution in [0, 0.1) is 0 Å². The number of allylic oxidation sites excluding steroid dienone is 2. The molecule has 1 atom stereocenters. The summed E-state index contributed by atoms with van der Waals surface area (Å²) < 4.78 is 16.8. The van der Waals surface area contributed by atoms with E-state index in [1.807, 2.05) is 0 Å². The minimum Gasteiger partial charge on any atom is -0.462 e. The number of rotatable bonds is 57. The minimum atomic E-state index is -0.761. The molecule has 6 nitrogen and oxygen atoms in total. The van der Waals surface area contributed by atoms with E-state index in [4.69, 9.17) is 14.2 Å². The number of unbranched alkanes of at least 4 members (excludes halogenated alkanes) is 44. The number of carbonyl (C=O) groups excluding carboxylic acids is 3. The van der Waals surface area contributed by atoms with Gasteiger partial charge in [-0.3, -0.25) is 14.4 Å². The maximum Gasteiger partial charge on any atom is 0.306 e. The summed E-state index contributed by atoms with van der Waals surface area (Å²) in [5.41, 5.74) is 0. The first-order valence-corrected chi connectivity index (χ1v) is 30.7. The van der Waals surface area contributed by atoms with Crippen LogP contribution < -0.4 is 0 Å². The molecule has 0 aromatic heterocycles. The standard InChI is InChI=1S/C62H118O6/c1-4-7-10-13-16-19-21-22-23-24-25-26-27-28-29-30-31-32-33-34-35-36-37-38-39-40-41-44-46-49-52-55-61(64)67-58-59(57-66-60(63)54-51-48-45-42-18-15-12-9-6-3)68-62(65)56-53-50-47-43-20-17-14-11-8-5-2/h24-25,59H,4-23,26-58H2,1-3H3/b25-24-. The number of hydrogen-bond acceptors (Lipinski definition) is 6. The van der Waals surface area contributed by atoms with E-state index in [0.717, 1.165) is 57.8 Å². The Bertz CT molecular complexity index is 1060. The molecule has 0 fully saturated rings. The summed E-state index contributed by atoms with van der Waals surface area (Å²) >= 11 is 0. The highest BCUT2D eigenvalue weighted by Crippen LogP contribution is 2.18. The van der Waals surface area contributed by atoms with E-state index >= 15 is 0 Å². The Kier molecular flexibility index (Phi) is 56.2. The molecule has 402 valence electrons. The minimum absolute atomic E-state index is 0.0635. The summed E-state index contributed by atoms with van der Waals surface area (Å²) in [6.45, 7) is 6.65. The smallest absolute Gasteiger partial charge is 0.306 e. The van der Waals surface area contributed by atoms with Crippen molar-refractivity contribution in [2.75, 3.05) is 13.2 Å². The summed E-state index contributed by atoms with van der Waals surface area (Å²) in [4.78, 5) is 37.9. The Morgan fingerprint density at radius 3 is 0.735 bits per heavy atom. The van der Waals surface area contributed by atoms with E-state index in [9.17, 15) is 14.4 Å². The Labute approximate surface area is 424 Å². The maximum absolute atomic E-state index is 12.7. The van der Waals surface area contributed by atoms with Gasteiger partial charge in [-0.15, -0.1) is 0 Å². The number of carbonyl (C=O) groups is 3. The number of esters is 3. The summed E-state index contributed by atoms with van der Waals surface area (Å²) in [7, 11) is 0. The van der Waals surface area contributed by atoms with Crippen molar-refractivity contribution in [2.24, 2.45) is 0 Å². The molecule has 0 amide bonds. The number of hydrogen-bond donors (Lipinski definition) is 0. The fourth-order valence-electron chi connectivity index (χ4n) is 9.38. The Hall–Kier alpha value is -1.85. The zero-order valence-electron chi connectivity index (χ0n) is 46.2. The van der Waals surface area contributed by atoms with Crippen LogP contribution in [0.1, 0.15) is 348 Å². The highest BCUT2D eigenvalue weighted by atomic mass is 16.6. The molecule has 0 rings (SSSR count). The molecule has 0 aliphatic heterocycles. The first kappa shape index (κ1) is 66.2. The van der Waals surface area contributed by atoms with Crippen LogP contribution in [0.15, 0.2) is 12.2 Å². The lowest BCUT2D eigenvalue weighted by Crippen LogP contribution is -2.30. The molecule has 0 N–H and O–H groups in total. The predicted molar refractivity (Wildman–Crippen MR) is 293 cm³/mol. The second-order valence-electron chi connectivity index (χ2n) is 21.0. The largest absolute Gasteiger partial charge is 0.462 e. The molecule has 0 heterocycles. The molecule has 6 heteroatoms. The zero-order chi connectivity index (χ0) is 49.3. The topological polar surface area (TPSA) is 78.9 Å². The summed E-state index contributed by atoms with van der Waals surface area (Å²) in [6, 6.07) is 0. The molecule has 0 saturated heterocycles. The Balaban J connectivity index is 3.93. The molecule has 0 spiro atoms. The van der Waals surface area contributed by atoms with Crippen molar-refractivity contribution in [2.45, 2.75) is 354 Å². The Morgan fingerprint density at radius 1 is 0.279 bits per heavy atom. The van der Waals surface area contributed by atoms with Gasteiger partial charge in [0.2, 0.25) is 0 Å². The van der Waals surface area contributed by atoms with Crippen LogP contribution in [-0.2, 0) is 28.6 Å². The summed E-state index contributed by atoms with van der Waals surface area (Å²) in [5.74, 6) is -0.847. The van der Waals surface area contributed by atoms with E-state index in [1.165, 1.54) is 250 Å². The van der Waals surface area contributed by atoms with Crippen LogP contribution in [0.2, 0.25) is 0 Å². The third-order valence-electron chi connectivity index (χ3n) is 14.0. The van der Waals surface area contributed by atoms with E-state index in [1.54, 1.807) is 0 Å². The molecule has 0 radical (unpaired) electrons. The molecule has 0 aliphatic rings. The van der Waals surface area contributed by atoms with E-state index in [0.29, 0.717) is 19.3 Å². The van der Waals surface area contributed by atoms with Crippen molar-refractivity contribution in [3.8, 4) is 0 Å². The van der Waals surface area contributed by atoms with Crippen molar-refractivity contribution in [3.05, 3.63) is 12.2 Å². The van der Waals surface area contributed by atoms with E-state index < -0.39 is 6.10 Å². The predicted octanol–water partition coefficient (Wildman–Crippen LogP) is 20.5. The van der Waals surface area contributed by atoms with Gasteiger partial charge in [-0.25, -0.2) is 0 Å². The van der Waals surface area contributed by atoms with Crippen LogP contribution in [0.4, 0.5) is 0 Å². The molecule has 68 heavy (non-hydrogen) atoms. The molecular weight excluding hydrogens is 841 g/mol. The second kappa shape index (κ2) is 57.7. The molecule has 1 unspecified atom stereocenters. The molecule has 0 aromatic carbocycles. The SMILES string of the molecule is CCCCCCCCCC/C=C\CCCCCCCCCCCCCCCCCCCCCC(=O)OCC(COC(=O)CCCCCCCCCCC)OC(=O)CCCCCCCCCCCC. The van der Waals surface area contributed by atoms with Crippen LogP contribution in [0.3, 0.4) is 0 Å². The highest BCUT2D eigenvalue weighted by molar-refractivity contribution is 5.71. The van der Waals surface area contributed by atoms with Crippen LogP contribution in [0.25, 0.3) is 0 Å². The first-order chi connectivity index (χ1) is 33.5. The van der Waals surface area contributed by atoms with Gasteiger partial charge in [0.05, 0.1) is 0 Å². The van der Waals surface area contributed by atoms with Crippen molar-refractivity contribution in [3.63, 3.8) is 0 Å². The number of ether oxygens (including phenoxy) is 3. The molecule has 0 aromatic rings. The first-order valence-electron chi connectivity index (χ1n) is 30.7. The molecular formula is C62H118O6. The van der Waals surface area contributed by atoms with Gasteiger partial charge >= 0.3 is 17.9 Å². The lowest BCUT2D eigenvalue weighted by atomic mass is 10.0. The summed E-state index contributed by atoms with van der Waals surface area (Å²) in [6.07, 6.45) is 66.8.